The van der Waals surface area contributed by atoms with E-state index < -0.39 is 0 Å². The summed E-state index contributed by atoms with van der Waals surface area (Å²) in [4.78, 5) is 8.37. The van der Waals surface area contributed by atoms with Gasteiger partial charge in [0.1, 0.15) is 6.10 Å². The normalized spacial score (nSPS) is 17.0. The monoisotopic (exact) mass is 310 g/mol. The molecule has 0 fully saturated rings. The van der Waals surface area contributed by atoms with E-state index in [4.69, 9.17) is 10.5 Å². The minimum atomic E-state index is -0.0455. The van der Waals surface area contributed by atoms with E-state index in [1.165, 1.54) is 6.20 Å². The molecule has 1 aromatic heterocycles. The Kier molecular flexibility index (Phi) is 4.19. The second-order valence-electron chi connectivity index (χ2n) is 3.87. The third-order valence-electron chi connectivity index (χ3n) is 2.56. The van der Waals surface area contributed by atoms with Crippen LogP contribution >= 0.6 is 15.9 Å². The lowest BCUT2D eigenvalue weighted by Gasteiger charge is -2.15. The summed E-state index contributed by atoms with van der Waals surface area (Å²) in [5.41, 5.74) is 6.51. The Labute approximate surface area is 114 Å². The highest BCUT2D eigenvalue weighted by Crippen LogP contribution is 2.19. The van der Waals surface area contributed by atoms with Gasteiger partial charge in [-0.1, -0.05) is 6.08 Å². The van der Waals surface area contributed by atoms with Crippen molar-refractivity contribution in [3.05, 3.63) is 36.1 Å². The number of nitrogens with one attached hydrogen (secondary N) is 1. The van der Waals surface area contributed by atoms with Crippen LogP contribution in [0.5, 0.6) is 5.88 Å². The van der Waals surface area contributed by atoms with E-state index in [9.17, 15) is 0 Å². The average molecular weight is 311 g/mol. The molecule has 0 aromatic carbocycles. The molecule has 1 atom stereocenters. The summed E-state index contributed by atoms with van der Waals surface area (Å²) in [7, 11) is 0. The van der Waals surface area contributed by atoms with Crippen LogP contribution < -0.4 is 15.8 Å². The molecule has 3 N–H and O–H groups in total. The first-order valence-corrected chi connectivity index (χ1v) is 6.51. The minimum Gasteiger partial charge on any atom is -0.468 e. The van der Waals surface area contributed by atoms with Crippen molar-refractivity contribution in [2.45, 2.75) is 19.4 Å². The molecule has 0 saturated heterocycles. The first kappa shape index (κ1) is 12.9. The smallest absolute Gasteiger partial charge is 0.217 e. The van der Waals surface area contributed by atoms with Gasteiger partial charge in [-0.3, -0.25) is 0 Å². The highest BCUT2D eigenvalue weighted by Gasteiger charge is 2.14. The molecule has 0 saturated carbocycles. The van der Waals surface area contributed by atoms with Gasteiger partial charge < -0.3 is 15.8 Å². The Balaban J connectivity index is 2.09. The number of hydrogen-bond donors (Lipinski definition) is 2. The molecule has 1 unspecified atom stereocenters. The van der Waals surface area contributed by atoms with E-state index in [0.717, 1.165) is 18.7 Å². The molecule has 0 bridgehead atoms. The van der Waals surface area contributed by atoms with Crippen molar-refractivity contribution >= 4 is 20.4 Å². The maximum absolute atomic E-state index is 5.76. The predicted octanol–water partition coefficient (Wildman–Crippen LogP) is 1.77. The Hall–Kier alpha value is -1.56. The van der Waals surface area contributed by atoms with E-state index in [0.29, 0.717) is 16.2 Å². The van der Waals surface area contributed by atoms with Crippen LogP contribution in [0.1, 0.15) is 19.2 Å². The van der Waals surface area contributed by atoms with Crippen LogP contribution in [-0.2, 0) is 0 Å². The number of nitrogens with zero attached hydrogens (tertiary/aromatic N) is 2. The van der Waals surface area contributed by atoms with Gasteiger partial charge in [0.2, 0.25) is 5.88 Å². The summed E-state index contributed by atoms with van der Waals surface area (Å²) in [5.74, 6) is 1.04. The van der Waals surface area contributed by atoms with E-state index in [2.05, 4.69) is 37.3 Å². The Morgan fingerprint density at radius 2 is 2.50 bits per heavy atom. The van der Waals surface area contributed by atoms with E-state index in [-0.39, 0.29) is 6.10 Å². The first-order chi connectivity index (χ1) is 8.70. The number of halogens is 1. The predicted molar refractivity (Wildman–Crippen MR) is 73.9 cm³/mol. The van der Waals surface area contributed by atoms with Gasteiger partial charge in [-0.2, -0.15) is 4.98 Å². The van der Waals surface area contributed by atoms with Crippen molar-refractivity contribution in [3.63, 3.8) is 0 Å². The molecule has 0 aliphatic carbocycles. The third-order valence-corrected chi connectivity index (χ3v) is 3.18. The van der Waals surface area contributed by atoms with Crippen molar-refractivity contribution in [1.29, 1.82) is 0 Å². The molecule has 1 aromatic rings. The van der Waals surface area contributed by atoms with Gasteiger partial charge in [0.05, 0.1) is 4.48 Å². The lowest BCUT2D eigenvalue weighted by molar-refractivity contribution is 0.240. The van der Waals surface area contributed by atoms with Gasteiger partial charge >= 0.3 is 0 Å². The van der Waals surface area contributed by atoms with Crippen LogP contribution in [0.4, 0.5) is 0 Å². The van der Waals surface area contributed by atoms with Crippen molar-refractivity contribution in [1.82, 2.24) is 15.3 Å². The van der Waals surface area contributed by atoms with E-state index in [1.54, 1.807) is 12.3 Å². The van der Waals surface area contributed by atoms with Crippen LogP contribution in [0, 0.1) is 0 Å². The molecule has 6 heteroatoms. The number of hydrogen-bond acceptors (Lipinski definition) is 5. The maximum Gasteiger partial charge on any atom is 0.217 e. The van der Waals surface area contributed by atoms with Gasteiger partial charge in [0, 0.05) is 30.7 Å². The van der Waals surface area contributed by atoms with Crippen molar-refractivity contribution < 1.29 is 4.74 Å². The lowest BCUT2D eigenvalue weighted by Crippen LogP contribution is -2.23. The van der Waals surface area contributed by atoms with Crippen molar-refractivity contribution in [2.75, 3.05) is 6.54 Å². The summed E-state index contributed by atoms with van der Waals surface area (Å²) < 4.78 is 6.40. The van der Waals surface area contributed by atoms with Crippen molar-refractivity contribution in [2.24, 2.45) is 5.73 Å². The van der Waals surface area contributed by atoms with Crippen LogP contribution in [-0.4, -0.2) is 22.6 Å². The standard InChI is InChI=1S/C12H15BrN4O/c1-8(10-3-2-5-15-10)18-11-4-6-16-12(17-11)9(13)7-14/h3-4,6-8,15H,2,5,14H2,1H3/b9-7+. The fourth-order valence-corrected chi connectivity index (χ4v) is 1.86. The fraction of sp³-hybridized carbons (Fsp3) is 0.333. The second-order valence-corrected chi connectivity index (χ2v) is 4.72. The van der Waals surface area contributed by atoms with Crippen LogP contribution in [0.15, 0.2) is 30.2 Å². The zero-order valence-electron chi connectivity index (χ0n) is 10.1. The highest BCUT2D eigenvalue weighted by atomic mass is 79.9. The van der Waals surface area contributed by atoms with E-state index >= 15 is 0 Å². The molecule has 1 aliphatic heterocycles. The van der Waals surface area contributed by atoms with Gasteiger partial charge in [-0.15, -0.1) is 0 Å². The summed E-state index contributed by atoms with van der Waals surface area (Å²) in [6, 6.07) is 1.73. The van der Waals surface area contributed by atoms with Crippen LogP contribution in [0.2, 0.25) is 0 Å². The molecule has 5 nitrogen and oxygen atoms in total. The molecule has 0 amide bonds. The van der Waals surface area contributed by atoms with E-state index in [1.807, 2.05) is 6.92 Å². The Bertz CT molecular complexity index is 487. The number of nitrogens with two attached hydrogens (primary N) is 1. The lowest BCUT2D eigenvalue weighted by atomic mass is 10.3. The molecular weight excluding hydrogens is 296 g/mol. The summed E-state index contributed by atoms with van der Waals surface area (Å²) in [6.45, 7) is 2.96. The van der Waals surface area contributed by atoms with Gasteiger partial charge in [0.15, 0.2) is 5.82 Å². The molecule has 0 radical (unpaired) electrons. The molecule has 2 rings (SSSR count). The summed E-state index contributed by atoms with van der Waals surface area (Å²) >= 11 is 3.28. The van der Waals surface area contributed by atoms with Crippen LogP contribution in [0.25, 0.3) is 4.48 Å². The average Bonchev–Trinajstić information content (AvgIpc) is 2.92. The van der Waals surface area contributed by atoms with Crippen LogP contribution in [0.3, 0.4) is 0 Å². The Morgan fingerprint density at radius 3 is 3.17 bits per heavy atom. The molecular formula is C12H15BrN4O. The van der Waals surface area contributed by atoms with Gasteiger partial charge in [-0.25, -0.2) is 4.98 Å². The second kappa shape index (κ2) is 5.86. The largest absolute Gasteiger partial charge is 0.468 e. The molecule has 96 valence electrons. The third kappa shape index (κ3) is 3.01. The topological polar surface area (TPSA) is 73.1 Å². The molecule has 2 heterocycles. The SMILES string of the molecule is CC(Oc1ccnc(/C(Br)=C\N)n1)C1=CCCN1. The zero-order chi connectivity index (χ0) is 13.0. The maximum atomic E-state index is 5.76. The number of ether oxygens (including phenoxy) is 1. The molecule has 18 heavy (non-hydrogen) atoms. The zero-order valence-corrected chi connectivity index (χ0v) is 11.6. The summed E-state index contributed by atoms with van der Waals surface area (Å²) in [6.07, 6.45) is 6.19. The fourth-order valence-electron chi connectivity index (χ4n) is 1.67. The molecule has 0 spiro atoms. The van der Waals surface area contributed by atoms with Gasteiger partial charge in [0.25, 0.3) is 0 Å². The molecule has 1 aliphatic rings. The quantitative estimate of drug-likeness (QED) is 0.886. The number of aromatic nitrogens is 2. The Morgan fingerprint density at radius 1 is 1.67 bits per heavy atom. The van der Waals surface area contributed by atoms with Crippen molar-refractivity contribution in [3.8, 4) is 5.88 Å². The highest BCUT2D eigenvalue weighted by molar-refractivity contribution is 9.15. The first-order valence-electron chi connectivity index (χ1n) is 5.72. The summed E-state index contributed by atoms with van der Waals surface area (Å²) in [5, 5.41) is 3.28. The number of rotatable bonds is 4. The minimum absolute atomic E-state index is 0.0455. The van der Waals surface area contributed by atoms with Gasteiger partial charge in [-0.05, 0) is 29.3 Å².